The van der Waals surface area contributed by atoms with E-state index in [0.29, 0.717) is 17.1 Å². The molecular formula is C22H24F3N8O+. The van der Waals surface area contributed by atoms with Gasteiger partial charge in [-0.3, -0.25) is 9.20 Å². The quantitative estimate of drug-likeness (QED) is 0.108. The van der Waals surface area contributed by atoms with Crippen molar-refractivity contribution in [3.05, 3.63) is 59.9 Å². The van der Waals surface area contributed by atoms with E-state index in [1.165, 1.54) is 15.2 Å². The summed E-state index contributed by atoms with van der Waals surface area (Å²) < 4.78 is 41.7. The van der Waals surface area contributed by atoms with Gasteiger partial charge in [-0.1, -0.05) is 6.07 Å². The molecule has 9 nitrogen and oxygen atoms in total. The second kappa shape index (κ2) is 9.49. The topological polar surface area (TPSA) is 124 Å². The van der Waals surface area contributed by atoms with Gasteiger partial charge in [0.2, 0.25) is 6.34 Å². The number of nitrogens with one attached hydrogen (secondary N) is 3. The van der Waals surface area contributed by atoms with Crippen LogP contribution in [-0.2, 0) is 6.18 Å². The zero-order valence-electron chi connectivity index (χ0n) is 18.1. The fourth-order valence-corrected chi connectivity index (χ4v) is 4.06. The molecule has 0 aliphatic heterocycles. The molecule has 2 heterocycles. The van der Waals surface area contributed by atoms with Crippen LogP contribution in [0.2, 0.25) is 0 Å². The third-order valence-electron chi connectivity index (χ3n) is 5.84. The van der Waals surface area contributed by atoms with Crippen LogP contribution in [0.25, 0.3) is 5.65 Å². The highest BCUT2D eigenvalue weighted by molar-refractivity contribution is 5.94. The Labute approximate surface area is 193 Å². The zero-order chi connectivity index (χ0) is 24.3. The molecule has 3 aromatic rings. The van der Waals surface area contributed by atoms with Crippen LogP contribution >= 0.6 is 0 Å². The molecule has 4 rings (SSSR count). The number of nitrogens with two attached hydrogens (primary N) is 1. The summed E-state index contributed by atoms with van der Waals surface area (Å²) in [5.41, 5.74) is 0.353. The van der Waals surface area contributed by atoms with E-state index in [9.17, 15) is 18.0 Å². The number of amides is 1. The predicted octanol–water partition coefficient (Wildman–Crippen LogP) is 4.08. The van der Waals surface area contributed by atoms with Gasteiger partial charge in [0.05, 0.1) is 0 Å². The molecule has 1 saturated carbocycles. The molecule has 0 bridgehead atoms. The Morgan fingerprint density at radius 3 is 2.44 bits per heavy atom. The summed E-state index contributed by atoms with van der Waals surface area (Å²) >= 11 is 0. The van der Waals surface area contributed by atoms with Crippen molar-refractivity contribution < 1.29 is 22.7 Å². The van der Waals surface area contributed by atoms with Gasteiger partial charge in [-0.15, -0.1) is 4.70 Å². The average molecular weight is 473 g/mol. The summed E-state index contributed by atoms with van der Waals surface area (Å²) in [5.74, 6) is 5.56. The summed E-state index contributed by atoms with van der Waals surface area (Å²) in [6.07, 6.45) is 0.452. The van der Waals surface area contributed by atoms with E-state index in [4.69, 9.17) is 11.3 Å². The summed E-state index contributed by atoms with van der Waals surface area (Å²) in [6, 6.07) is 11.6. The van der Waals surface area contributed by atoms with E-state index >= 15 is 0 Å². The average Bonchev–Trinajstić information content (AvgIpc) is 3.28. The van der Waals surface area contributed by atoms with Crippen LogP contribution in [0, 0.1) is 5.41 Å². The molecular weight excluding hydrogens is 449 g/mol. The minimum Gasteiger partial charge on any atom is -0.368 e. The lowest BCUT2D eigenvalue weighted by Gasteiger charge is -2.30. The number of imidazole rings is 1. The van der Waals surface area contributed by atoms with Crippen molar-refractivity contribution in [1.82, 2.24) is 14.7 Å². The van der Waals surface area contributed by atoms with Crippen LogP contribution in [0.1, 0.15) is 41.7 Å². The molecule has 1 aromatic carbocycles. The van der Waals surface area contributed by atoms with Crippen molar-refractivity contribution in [2.24, 2.45) is 11.1 Å². The van der Waals surface area contributed by atoms with Crippen molar-refractivity contribution in [1.29, 1.82) is 5.41 Å². The monoisotopic (exact) mass is 473 g/mol. The van der Waals surface area contributed by atoms with Gasteiger partial charge in [-0.2, -0.15) is 18.6 Å². The van der Waals surface area contributed by atoms with Gasteiger partial charge in [0.1, 0.15) is 17.2 Å². The number of nitrogens with zero attached hydrogens (tertiary/aromatic N) is 4. The molecule has 0 saturated heterocycles. The molecule has 1 amide bonds. The summed E-state index contributed by atoms with van der Waals surface area (Å²) in [7, 11) is 0. The van der Waals surface area contributed by atoms with Crippen LogP contribution in [0.3, 0.4) is 0 Å². The highest BCUT2D eigenvalue weighted by Crippen LogP contribution is 2.30. The van der Waals surface area contributed by atoms with Crippen LogP contribution in [-0.4, -0.2) is 38.4 Å². The Bertz CT molecular complexity index is 1210. The number of fused-ring (bicyclic) bond motifs is 1. The second-order valence-corrected chi connectivity index (χ2v) is 8.07. The molecule has 34 heavy (non-hydrogen) atoms. The Morgan fingerprint density at radius 1 is 1.15 bits per heavy atom. The van der Waals surface area contributed by atoms with Gasteiger partial charge in [-0.05, 0) is 62.1 Å². The minimum absolute atomic E-state index is 0.00297. The lowest BCUT2D eigenvalue weighted by atomic mass is 9.91. The van der Waals surface area contributed by atoms with E-state index in [2.05, 4.69) is 20.8 Å². The largest absolute Gasteiger partial charge is 0.434 e. The van der Waals surface area contributed by atoms with Gasteiger partial charge in [0, 0.05) is 29.1 Å². The minimum atomic E-state index is -4.50. The molecule has 1 aliphatic rings. The van der Waals surface area contributed by atoms with Gasteiger partial charge < -0.3 is 10.6 Å². The lowest BCUT2D eigenvalue weighted by molar-refractivity contribution is -0.384. The summed E-state index contributed by atoms with van der Waals surface area (Å²) in [5, 5.41) is 17.0. The first-order valence-corrected chi connectivity index (χ1v) is 10.7. The zero-order valence-corrected chi connectivity index (χ0v) is 18.1. The Balaban J connectivity index is 1.34. The van der Waals surface area contributed by atoms with E-state index < -0.39 is 11.9 Å². The van der Waals surface area contributed by atoms with Gasteiger partial charge in [0.15, 0.2) is 5.69 Å². The van der Waals surface area contributed by atoms with E-state index in [1.54, 1.807) is 36.4 Å². The standard InChI is InChI=1S/C22H23F3N8O/c23-22(24,25)18-12-32-19(2-1-3-20(32)30-18)28-15-6-8-16(9-7-15)29-21(34)14-4-10-17(11-5-14)33(13-26)31-27/h1-5,10-13,15-16,26-27H,6-9H2,(H2,28,29,30,34)/p+1. The maximum absolute atomic E-state index is 13.0. The number of carbonyl (C=O) groups is 1. The summed E-state index contributed by atoms with van der Waals surface area (Å²) in [4.78, 5) is 16.3. The predicted molar refractivity (Wildman–Crippen MR) is 119 cm³/mol. The number of alkyl halides is 3. The first kappa shape index (κ1) is 23.2. The van der Waals surface area contributed by atoms with Crippen molar-refractivity contribution in [3.8, 4) is 0 Å². The molecule has 2 aromatic heterocycles. The van der Waals surface area contributed by atoms with E-state index in [1.807, 2.05) is 0 Å². The molecule has 0 atom stereocenters. The first-order valence-electron chi connectivity index (χ1n) is 10.7. The number of hydrogen-bond acceptors (Lipinski definition) is 5. The molecule has 0 radical (unpaired) electrons. The Hall–Kier alpha value is -3.96. The van der Waals surface area contributed by atoms with Crippen LogP contribution in [0.5, 0.6) is 0 Å². The van der Waals surface area contributed by atoms with Crippen molar-refractivity contribution in [3.63, 3.8) is 0 Å². The SMILES string of the molecule is N=C[N+](=NN)c1ccc(C(=O)NC2CCC(Nc3cccc4nc(C(F)(F)F)cn34)CC2)cc1. The number of aromatic nitrogens is 2. The molecule has 0 unspecified atom stereocenters. The second-order valence-electron chi connectivity index (χ2n) is 8.07. The first-order chi connectivity index (χ1) is 16.3. The van der Waals surface area contributed by atoms with Crippen LogP contribution < -0.4 is 16.5 Å². The molecule has 12 heteroatoms. The molecule has 178 valence electrons. The Morgan fingerprint density at radius 2 is 1.82 bits per heavy atom. The molecule has 5 N–H and O–H groups in total. The lowest BCUT2D eigenvalue weighted by Crippen LogP contribution is -2.40. The molecule has 1 fully saturated rings. The Kier molecular flexibility index (Phi) is 6.48. The number of hydrogen-bond donors (Lipinski definition) is 4. The van der Waals surface area contributed by atoms with Crippen molar-refractivity contribution >= 4 is 29.4 Å². The van der Waals surface area contributed by atoms with Crippen molar-refractivity contribution in [2.45, 2.75) is 43.9 Å². The van der Waals surface area contributed by atoms with Gasteiger partial charge in [-0.25, -0.2) is 10.8 Å². The number of benzene rings is 1. The van der Waals surface area contributed by atoms with E-state index in [0.717, 1.165) is 38.2 Å². The van der Waals surface area contributed by atoms with Gasteiger partial charge in [0.25, 0.3) is 5.91 Å². The fraction of sp³-hybridized carbons (Fsp3) is 0.318. The van der Waals surface area contributed by atoms with Crippen LogP contribution in [0.4, 0.5) is 24.7 Å². The molecule has 1 aliphatic carbocycles. The van der Waals surface area contributed by atoms with E-state index in [-0.39, 0.29) is 23.6 Å². The number of halogens is 3. The summed E-state index contributed by atoms with van der Waals surface area (Å²) in [6.45, 7) is 0. The van der Waals surface area contributed by atoms with Crippen molar-refractivity contribution in [2.75, 3.05) is 5.32 Å². The maximum atomic E-state index is 13.0. The normalized spacial score (nSPS) is 19.1. The maximum Gasteiger partial charge on any atom is 0.434 e. The smallest absolute Gasteiger partial charge is 0.368 e. The van der Waals surface area contributed by atoms with Crippen LogP contribution in [0.15, 0.2) is 53.9 Å². The number of anilines is 1. The highest BCUT2D eigenvalue weighted by Gasteiger charge is 2.34. The van der Waals surface area contributed by atoms with Gasteiger partial charge >= 0.3 is 6.18 Å². The number of carbonyl (C=O) groups excluding carboxylic acids is 1. The number of pyridine rings is 1. The third kappa shape index (κ3) is 5.00. The number of rotatable bonds is 6. The fourth-order valence-electron chi connectivity index (χ4n) is 4.06. The molecule has 0 spiro atoms. The highest BCUT2D eigenvalue weighted by atomic mass is 19.4. The third-order valence-corrected chi connectivity index (χ3v) is 5.84.